The highest BCUT2D eigenvalue weighted by Gasteiger charge is 2.41. The highest BCUT2D eigenvalue weighted by Crippen LogP contribution is 2.32. The van der Waals surface area contributed by atoms with E-state index < -0.39 is 5.60 Å². The van der Waals surface area contributed by atoms with E-state index >= 15 is 0 Å². The van der Waals surface area contributed by atoms with E-state index in [9.17, 15) is 9.59 Å². The zero-order valence-electron chi connectivity index (χ0n) is 20.5. The predicted molar refractivity (Wildman–Crippen MR) is 129 cm³/mol. The summed E-state index contributed by atoms with van der Waals surface area (Å²) in [4.78, 5) is 26.1. The van der Waals surface area contributed by atoms with E-state index in [1.807, 2.05) is 0 Å². The van der Waals surface area contributed by atoms with Crippen molar-refractivity contribution in [2.24, 2.45) is 0 Å². The third-order valence-electron chi connectivity index (χ3n) is 5.69. The van der Waals surface area contributed by atoms with E-state index in [1.54, 1.807) is 6.92 Å². The van der Waals surface area contributed by atoms with Crippen molar-refractivity contribution in [1.29, 1.82) is 0 Å². The smallest absolute Gasteiger partial charge is 0.176 e. The Morgan fingerprint density at radius 2 is 1.27 bits per heavy atom. The average molecular weight is 421 g/mol. The van der Waals surface area contributed by atoms with Crippen LogP contribution in [0.3, 0.4) is 0 Å². The van der Waals surface area contributed by atoms with Crippen LogP contribution in [0.5, 0.6) is 0 Å². The maximum absolute atomic E-state index is 13.3. The van der Waals surface area contributed by atoms with E-state index in [2.05, 4.69) is 33.9 Å². The molecule has 0 saturated heterocycles. The van der Waals surface area contributed by atoms with Gasteiger partial charge in [0.05, 0.1) is 12.2 Å². The molecule has 0 aromatic rings. The first-order valence-corrected chi connectivity index (χ1v) is 12.4. The Morgan fingerprint density at radius 3 is 1.83 bits per heavy atom. The first kappa shape index (κ1) is 28.6. The molecule has 0 radical (unpaired) electrons. The van der Waals surface area contributed by atoms with Gasteiger partial charge in [0, 0.05) is 12.8 Å². The maximum Gasteiger partial charge on any atom is 0.176 e. The molecule has 30 heavy (non-hydrogen) atoms. The number of carbonyl (C=O) groups excluding carboxylic acids is 2. The summed E-state index contributed by atoms with van der Waals surface area (Å²) in [5.74, 6) is 0.692. The topological polar surface area (TPSA) is 43.4 Å². The molecule has 0 heterocycles. The number of unbranched alkanes of at least 4 members (excludes halogenated alkanes) is 7. The Balaban J connectivity index is 5.26. The third kappa shape index (κ3) is 13.0. The summed E-state index contributed by atoms with van der Waals surface area (Å²) >= 11 is 0. The monoisotopic (exact) mass is 420 g/mol. The molecule has 0 amide bonds. The molecule has 0 aromatic heterocycles. The van der Waals surface area contributed by atoms with E-state index in [0.29, 0.717) is 25.0 Å². The number of Topliss-reactive ketones (excluding diaryl/α,β-unsaturated/α-hetero) is 2. The first-order valence-electron chi connectivity index (χ1n) is 12.4. The van der Waals surface area contributed by atoms with Gasteiger partial charge in [-0.1, -0.05) is 84.4 Å². The van der Waals surface area contributed by atoms with Gasteiger partial charge in [0.2, 0.25) is 0 Å². The lowest BCUT2D eigenvalue weighted by molar-refractivity contribution is -0.146. The summed E-state index contributed by atoms with van der Waals surface area (Å²) in [5, 5.41) is 0. The molecule has 0 spiro atoms. The van der Waals surface area contributed by atoms with Crippen molar-refractivity contribution in [3.05, 3.63) is 24.5 Å². The molecule has 0 aliphatic heterocycles. The van der Waals surface area contributed by atoms with Crippen LogP contribution in [0.4, 0.5) is 0 Å². The van der Waals surface area contributed by atoms with Gasteiger partial charge in [0.15, 0.2) is 11.4 Å². The van der Waals surface area contributed by atoms with E-state index in [0.717, 1.165) is 63.4 Å². The van der Waals surface area contributed by atoms with Crippen LogP contribution in [0.15, 0.2) is 24.5 Å². The van der Waals surface area contributed by atoms with E-state index in [4.69, 9.17) is 4.74 Å². The van der Waals surface area contributed by atoms with E-state index in [-0.39, 0.29) is 18.0 Å². The van der Waals surface area contributed by atoms with Crippen molar-refractivity contribution in [1.82, 2.24) is 0 Å². The first-order chi connectivity index (χ1) is 14.3. The normalized spacial score (nSPS) is 12.9. The highest BCUT2D eigenvalue weighted by molar-refractivity contribution is 5.93. The second kappa shape index (κ2) is 17.3. The Kier molecular flexibility index (Phi) is 16.5. The van der Waals surface area contributed by atoms with Gasteiger partial charge in [0.1, 0.15) is 5.78 Å². The molecule has 0 aliphatic carbocycles. The Morgan fingerprint density at radius 1 is 0.733 bits per heavy atom. The van der Waals surface area contributed by atoms with Crippen molar-refractivity contribution in [2.75, 3.05) is 0 Å². The Bertz CT molecular complexity index is 520. The van der Waals surface area contributed by atoms with Gasteiger partial charge in [-0.05, 0) is 45.4 Å². The Hall–Kier alpha value is -1.38. The Labute approximate surface area is 186 Å². The SMILES string of the molecule is C=C(CCCCCC)CCC(CC(=O)CCCCC)(OC(=C)C)C(=O)CCCCC. The lowest BCUT2D eigenvalue weighted by atomic mass is 9.82. The second-order valence-electron chi connectivity index (χ2n) is 8.91. The number of allylic oxidation sites excluding steroid dienone is 2. The summed E-state index contributed by atoms with van der Waals surface area (Å²) in [7, 11) is 0. The molecule has 3 heteroatoms. The van der Waals surface area contributed by atoms with Crippen molar-refractivity contribution >= 4 is 11.6 Å². The fraction of sp³-hybridized carbons (Fsp3) is 0.778. The minimum atomic E-state index is -1.07. The summed E-state index contributed by atoms with van der Waals surface area (Å²) in [5.41, 5.74) is 0.0791. The minimum Gasteiger partial charge on any atom is -0.484 e. The predicted octanol–water partition coefficient (Wildman–Crippen LogP) is 8.27. The molecule has 1 unspecified atom stereocenters. The summed E-state index contributed by atoms with van der Waals surface area (Å²) in [6.45, 7) is 16.4. The second-order valence-corrected chi connectivity index (χ2v) is 8.91. The number of ether oxygens (including phenoxy) is 1. The molecular formula is C27H48O3. The zero-order chi connectivity index (χ0) is 22.8. The molecule has 0 aromatic carbocycles. The van der Waals surface area contributed by atoms with Crippen LogP contribution < -0.4 is 0 Å². The number of hydrogen-bond donors (Lipinski definition) is 0. The van der Waals surface area contributed by atoms with Crippen LogP contribution in [0.2, 0.25) is 0 Å². The molecule has 0 bridgehead atoms. The molecule has 0 aliphatic rings. The van der Waals surface area contributed by atoms with Gasteiger partial charge in [-0.2, -0.15) is 0 Å². The number of rotatable bonds is 21. The van der Waals surface area contributed by atoms with Gasteiger partial charge < -0.3 is 4.74 Å². The molecule has 3 nitrogen and oxygen atoms in total. The zero-order valence-corrected chi connectivity index (χ0v) is 20.5. The number of carbonyl (C=O) groups is 2. The van der Waals surface area contributed by atoms with Crippen LogP contribution in [-0.2, 0) is 14.3 Å². The quantitative estimate of drug-likeness (QED) is 0.107. The van der Waals surface area contributed by atoms with Crippen LogP contribution in [0, 0.1) is 0 Å². The summed E-state index contributed by atoms with van der Waals surface area (Å²) in [6, 6.07) is 0. The summed E-state index contributed by atoms with van der Waals surface area (Å²) in [6.07, 6.45) is 14.1. The fourth-order valence-electron chi connectivity index (χ4n) is 3.85. The number of ketones is 2. The van der Waals surface area contributed by atoms with Crippen molar-refractivity contribution < 1.29 is 14.3 Å². The van der Waals surface area contributed by atoms with Gasteiger partial charge in [0.25, 0.3) is 0 Å². The molecule has 1 atom stereocenters. The van der Waals surface area contributed by atoms with Gasteiger partial charge in [-0.25, -0.2) is 0 Å². The van der Waals surface area contributed by atoms with Crippen LogP contribution in [0.1, 0.15) is 130 Å². The largest absolute Gasteiger partial charge is 0.484 e. The van der Waals surface area contributed by atoms with Crippen molar-refractivity contribution in [3.8, 4) is 0 Å². The van der Waals surface area contributed by atoms with E-state index in [1.165, 1.54) is 19.3 Å². The molecule has 0 rings (SSSR count). The van der Waals surface area contributed by atoms with Crippen molar-refractivity contribution in [3.63, 3.8) is 0 Å². The standard InChI is InChI=1S/C27H48O3/c1-7-10-13-16-17-24(6)20-21-27(30-23(4)5,26(29)19-15-12-9-3)22-25(28)18-14-11-8-2/h4,6-22H2,1-3,5H3. The average Bonchev–Trinajstić information content (AvgIpc) is 2.69. The molecular weight excluding hydrogens is 372 g/mol. The van der Waals surface area contributed by atoms with Crippen LogP contribution in [-0.4, -0.2) is 17.2 Å². The fourth-order valence-corrected chi connectivity index (χ4v) is 3.85. The van der Waals surface area contributed by atoms with Gasteiger partial charge in [-0.3, -0.25) is 9.59 Å². The van der Waals surface area contributed by atoms with Crippen molar-refractivity contribution in [2.45, 2.75) is 136 Å². The van der Waals surface area contributed by atoms with Crippen LogP contribution >= 0.6 is 0 Å². The van der Waals surface area contributed by atoms with Gasteiger partial charge in [-0.15, -0.1) is 0 Å². The summed E-state index contributed by atoms with van der Waals surface area (Å²) < 4.78 is 6.09. The molecule has 174 valence electrons. The molecule has 0 saturated carbocycles. The lowest BCUT2D eigenvalue weighted by Gasteiger charge is -2.33. The molecule has 0 fully saturated rings. The lowest BCUT2D eigenvalue weighted by Crippen LogP contribution is -2.43. The maximum atomic E-state index is 13.3. The minimum absolute atomic E-state index is 0.0570. The number of hydrogen-bond acceptors (Lipinski definition) is 3. The molecule has 0 N–H and O–H groups in total. The van der Waals surface area contributed by atoms with Crippen LogP contribution in [0.25, 0.3) is 0 Å². The van der Waals surface area contributed by atoms with Gasteiger partial charge >= 0.3 is 0 Å². The highest BCUT2D eigenvalue weighted by atomic mass is 16.5. The third-order valence-corrected chi connectivity index (χ3v) is 5.69.